The molecule has 146 valence electrons. The van der Waals surface area contributed by atoms with Crippen molar-refractivity contribution >= 4 is 0 Å². The van der Waals surface area contributed by atoms with Gasteiger partial charge < -0.3 is 9.84 Å². The average Bonchev–Trinajstić information content (AvgIpc) is 2.69. The summed E-state index contributed by atoms with van der Waals surface area (Å²) in [5, 5.41) is 9.74. The van der Waals surface area contributed by atoms with Gasteiger partial charge in [-0.3, -0.25) is 0 Å². The van der Waals surface area contributed by atoms with Gasteiger partial charge in [0.05, 0.1) is 7.11 Å². The molecule has 0 unspecified atom stereocenters. The highest BCUT2D eigenvalue weighted by Gasteiger charge is 2.23. The van der Waals surface area contributed by atoms with Crippen LogP contribution >= 0.6 is 0 Å². The molecule has 2 nitrogen and oxygen atoms in total. The molecule has 2 aromatic carbocycles. The summed E-state index contributed by atoms with van der Waals surface area (Å²) in [5.74, 6) is 1.56. The van der Waals surface area contributed by atoms with E-state index in [1.165, 1.54) is 58.5 Å². The molecule has 1 aliphatic carbocycles. The number of ether oxygens (including phenoxy) is 1. The summed E-state index contributed by atoms with van der Waals surface area (Å²) in [7, 11) is 1.50. The molecule has 0 atom stereocenters. The Labute approximate surface area is 162 Å². The molecular formula is C24H31FO2. The summed E-state index contributed by atoms with van der Waals surface area (Å²) >= 11 is 0. The molecule has 0 bridgehead atoms. The van der Waals surface area contributed by atoms with Gasteiger partial charge in [-0.15, -0.1) is 0 Å². The van der Waals surface area contributed by atoms with Crippen LogP contribution in [0.5, 0.6) is 11.5 Å². The fraction of sp³-hybridized carbons (Fsp3) is 0.500. The standard InChI is InChI=1S/C24H31FO2/c1-3-4-5-6-17-7-9-18(10-8-17)19-11-13-21(22(25)15-19)20-12-14-23(26)24(16-20)27-2/h11-18,26H,3-10H2,1-2H3. The molecule has 1 aliphatic rings. The number of rotatable bonds is 7. The first-order chi connectivity index (χ1) is 13.1. The molecular weight excluding hydrogens is 339 g/mol. The van der Waals surface area contributed by atoms with Crippen molar-refractivity contribution in [3.05, 3.63) is 47.8 Å². The lowest BCUT2D eigenvalue weighted by Gasteiger charge is -2.29. The summed E-state index contributed by atoms with van der Waals surface area (Å²) in [6, 6.07) is 10.6. The Morgan fingerprint density at radius 3 is 2.48 bits per heavy atom. The normalized spacial score (nSPS) is 19.8. The van der Waals surface area contributed by atoms with Gasteiger partial charge in [-0.25, -0.2) is 4.39 Å². The highest BCUT2D eigenvalue weighted by atomic mass is 19.1. The second-order valence-corrected chi connectivity index (χ2v) is 7.84. The van der Waals surface area contributed by atoms with Crippen molar-refractivity contribution in [2.75, 3.05) is 7.11 Å². The SMILES string of the molecule is CCCCCC1CCC(c2ccc(-c3ccc(O)c(OC)c3)c(F)c2)CC1. The molecule has 3 rings (SSSR count). The largest absolute Gasteiger partial charge is 0.504 e. The lowest BCUT2D eigenvalue weighted by Crippen LogP contribution is -2.13. The third-order valence-corrected chi connectivity index (χ3v) is 6.02. The molecule has 0 aromatic heterocycles. The van der Waals surface area contributed by atoms with Crippen LogP contribution in [-0.2, 0) is 0 Å². The maximum absolute atomic E-state index is 14.8. The van der Waals surface area contributed by atoms with Crippen molar-refractivity contribution in [1.82, 2.24) is 0 Å². The Morgan fingerprint density at radius 1 is 1.04 bits per heavy atom. The number of methoxy groups -OCH3 is 1. The number of phenolic OH excluding ortho intramolecular Hbond substituents is 1. The van der Waals surface area contributed by atoms with Crippen LogP contribution < -0.4 is 4.74 Å². The molecule has 1 N–H and O–H groups in total. The second-order valence-electron chi connectivity index (χ2n) is 7.84. The van der Waals surface area contributed by atoms with Crippen LogP contribution in [0, 0.1) is 11.7 Å². The molecule has 3 heteroatoms. The van der Waals surface area contributed by atoms with Crippen molar-refractivity contribution < 1.29 is 14.2 Å². The van der Waals surface area contributed by atoms with Crippen LogP contribution in [0.1, 0.15) is 69.8 Å². The third-order valence-electron chi connectivity index (χ3n) is 6.02. The lowest BCUT2D eigenvalue weighted by molar-refractivity contribution is 0.302. The third kappa shape index (κ3) is 4.82. The Kier molecular flexibility index (Phi) is 6.76. The van der Waals surface area contributed by atoms with Crippen molar-refractivity contribution in [2.45, 2.75) is 64.2 Å². The van der Waals surface area contributed by atoms with Gasteiger partial charge in [-0.05, 0) is 66.8 Å². The predicted molar refractivity (Wildman–Crippen MR) is 109 cm³/mol. The maximum Gasteiger partial charge on any atom is 0.161 e. The van der Waals surface area contributed by atoms with Gasteiger partial charge in [-0.2, -0.15) is 0 Å². The van der Waals surface area contributed by atoms with E-state index < -0.39 is 0 Å². The van der Waals surface area contributed by atoms with Crippen LogP contribution in [0.15, 0.2) is 36.4 Å². The molecule has 0 aliphatic heterocycles. The number of hydrogen-bond acceptors (Lipinski definition) is 2. The minimum atomic E-state index is -0.203. The van der Waals surface area contributed by atoms with Crippen LogP contribution in [0.2, 0.25) is 0 Å². The summed E-state index contributed by atoms with van der Waals surface area (Å²) in [6.07, 6.45) is 10.2. The van der Waals surface area contributed by atoms with Crippen LogP contribution in [-0.4, -0.2) is 12.2 Å². The van der Waals surface area contributed by atoms with Crippen molar-refractivity contribution in [2.24, 2.45) is 5.92 Å². The van der Waals surface area contributed by atoms with E-state index in [0.29, 0.717) is 22.8 Å². The molecule has 0 heterocycles. The quantitative estimate of drug-likeness (QED) is 0.529. The van der Waals surface area contributed by atoms with E-state index in [0.717, 1.165) is 11.5 Å². The first-order valence-electron chi connectivity index (χ1n) is 10.3. The number of unbranched alkanes of at least 4 members (excludes halogenated alkanes) is 2. The molecule has 0 radical (unpaired) electrons. The average molecular weight is 371 g/mol. The second kappa shape index (κ2) is 9.25. The van der Waals surface area contributed by atoms with Crippen LogP contribution in [0.3, 0.4) is 0 Å². The van der Waals surface area contributed by atoms with E-state index >= 15 is 0 Å². The highest BCUT2D eigenvalue weighted by molar-refractivity contribution is 5.68. The van der Waals surface area contributed by atoms with Gasteiger partial charge in [0.2, 0.25) is 0 Å². The topological polar surface area (TPSA) is 29.5 Å². The predicted octanol–water partition coefficient (Wildman–Crippen LogP) is 7.06. The first kappa shape index (κ1) is 19.7. The first-order valence-corrected chi connectivity index (χ1v) is 10.3. The van der Waals surface area contributed by atoms with Gasteiger partial charge in [0.15, 0.2) is 11.5 Å². The van der Waals surface area contributed by atoms with Crippen molar-refractivity contribution in [3.63, 3.8) is 0 Å². The fourth-order valence-corrected chi connectivity index (χ4v) is 4.33. The zero-order valence-corrected chi connectivity index (χ0v) is 16.5. The summed E-state index contributed by atoms with van der Waals surface area (Å²) in [6.45, 7) is 2.25. The van der Waals surface area contributed by atoms with E-state index in [1.54, 1.807) is 24.3 Å². The molecule has 1 fully saturated rings. The van der Waals surface area contributed by atoms with E-state index in [-0.39, 0.29) is 11.6 Å². The summed E-state index contributed by atoms with van der Waals surface area (Å²) < 4.78 is 19.9. The molecule has 0 amide bonds. The van der Waals surface area contributed by atoms with E-state index in [1.807, 2.05) is 6.07 Å². The fourth-order valence-electron chi connectivity index (χ4n) is 4.33. The number of aromatic hydroxyl groups is 1. The molecule has 0 spiro atoms. The van der Waals surface area contributed by atoms with E-state index in [4.69, 9.17) is 4.74 Å². The highest BCUT2D eigenvalue weighted by Crippen LogP contribution is 2.39. The molecule has 27 heavy (non-hydrogen) atoms. The van der Waals surface area contributed by atoms with Gasteiger partial charge in [0.1, 0.15) is 5.82 Å². The number of benzene rings is 2. The minimum Gasteiger partial charge on any atom is -0.504 e. The summed E-state index contributed by atoms with van der Waals surface area (Å²) in [5.41, 5.74) is 2.38. The Balaban J connectivity index is 1.67. The number of hydrogen-bond donors (Lipinski definition) is 1. The number of phenols is 1. The van der Waals surface area contributed by atoms with Gasteiger partial charge in [0.25, 0.3) is 0 Å². The zero-order chi connectivity index (χ0) is 19.2. The van der Waals surface area contributed by atoms with Crippen LogP contribution in [0.4, 0.5) is 4.39 Å². The van der Waals surface area contributed by atoms with E-state index in [2.05, 4.69) is 13.0 Å². The smallest absolute Gasteiger partial charge is 0.161 e. The zero-order valence-electron chi connectivity index (χ0n) is 16.5. The van der Waals surface area contributed by atoms with Crippen LogP contribution in [0.25, 0.3) is 11.1 Å². The Morgan fingerprint density at radius 2 is 1.81 bits per heavy atom. The van der Waals surface area contributed by atoms with Gasteiger partial charge in [0, 0.05) is 5.56 Å². The monoisotopic (exact) mass is 370 g/mol. The number of halogens is 1. The summed E-state index contributed by atoms with van der Waals surface area (Å²) in [4.78, 5) is 0. The van der Waals surface area contributed by atoms with Crippen molar-refractivity contribution in [3.8, 4) is 22.6 Å². The Bertz CT molecular complexity index is 748. The van der Waals surface area contributed by atoms with Gasteiger partial charge >= 0.3 is 0 Å². The Hall–Kier alpha value is -2.03. The van der Waals surface area contributed by atoms with Gasteiger partial charge in [-0.1, -0.05) is 50.8 Å². The maximum atomic E-state index is 14.8. The van der Waals surface area contributed by atoms with Crippen molar-refractivity contribution in [1.29, 1.82) is 0 Å². The lowest BCUT2D eigenvalue weighted by atomic mass is 9.77. The molecule has 2 aromatic rings. The van der Waals surface area contributed by atoms with E-state index in [9.17, 15) is 9.50 Å². The molecule has 1 saturated carbocycles. The molecule has 0 saturated heterocycles. The minimum absolute atomic E-state index is 0.0639.